The number of likely N-dealkylation sites (N-methyl/N-ethyl adjacent to an activating group) is 2. The number of carbonyl (C=O) groups excluding carboxylic acids is 2. The lowest BCUT2D eigenvalue weighted by Gasteiger charge is -2.42. The predicted molar refractivity (Wildman–Crippen MR) is 191 cm³/mol. The second-order valence-corrected chi connectivity index (χ2v) is 15.4. The van der Waals surface area contributed by atoms with E-state index in [9.17, 15) is 13.2 Å². The molecule has 268 valence electrons. The van der Waals surface area contributed by atoms with Crippen LogP contribution >= 0.6 is 11.6 Å². The van der Waals surface area contributed by atoms with Crippen molar-refractivity contribution in [2.45, 2.75) is 35.9 Å². The number of carbonyl (C=O) groups is 2. The van der Waals surface area contributed by atoms with Crippen molar-refractivity contribution in [3.05, 3.63) is 76.3 Å². The van der Waals surface area contributed by atoms with Crippen LogP contribution in [-0.2, 0) is 31.7 Å². The van der Waals surface area contributed by atoms with Crippen LogP contribution < -0.4 is 18.5 Å². The number of halogens is 1. The Hall–Kier alpha value is -3.88. The Balaban J connectivity index is 1.59. The number of hydrogen-bond acceptors (Lipinski definition) is 10. The highest BCUT2D eigenvalue weighted by atomic mass is 35.5. The van der Waals surface area contributed by atoms with Crippen molar-refractivity contribution >= 4 is 39.1 Å². The molecule has 3 aromatic rings. The van der Waals surface area contributed by atoms with Gasteiger partial charge >= 0.3 is 0 Å². The summed E-state index contributed by atoms with van der Waals surface area (Å²) in [5, 5.41) is 0.308. The number of nitrogens with zero attached hydrogens (tertiary/aromatic N) is 5. The fraction of sp³-hybridized carbons (Fsp3) is 0.444. The van der Waals surface area contributed by atoms with E-state index in [0.717, 1.165) is 36.0 Å². The molecule has 0 N–H and O–H groups in total. The number of amides is 2. The first kappa shape index (κ1) is 35.9. The normalized spacial score (nSPS) is 21.7. The minimum Gasteiger partial charge on any atom is -0.497 e. The van der Waals surface area contributed by atoms with Crippen molar-refractivity contribution in [1.29, 1.82) is 0 Å². The lowest BCUT2D eigenvalue weighted by molar-refractivity contribution is -0.138. The Labute approximate surface area is 299 Å². The summed E-state index contributed by atoms with van der Waals surface area (Å²) < 4.78 is 47.3. The third-order valence-corrected chi connectivity index (χ3v) is 12.0. The second-order valence-electron chi connectivity index (χ2n) is 13.2. The zero-order valence-corrected chi connectivity index (χ0v) is 30.9. The first-order chi connectivity index (χ1) is 23.9. The van der Waals surface area contributed by atoms with E-state index < -0.39 is 27.5 Å². The van der Waals surface area contributed by atoms with Gasteiger partial charge in [0, 0.05) is 75.6 Å². The second kappa shape index (κ2) is 14.0. The molecule has 12 nitrogen and oxygen atoms in total. The average Bonchev–Trinajstić information content (AvgIpc) is 3.69. The van der Waals surface area contributed by atoms with Gasteiger partial charge in [-0.05, 0) is 61.9 Å². The molecule has 2 saturated heterocycles. The van der Waals surface area contributed by atoms with Gasteiger partial charge in [0.1, 0.15) is 22.1 Å². The summed E-state index contributed by atoms with van der Waals surface area (Å²) >= 11 is 6.67. The van der Waals surface area contributed by atoms with Gasteiger partial charge in [0.25, 0.3) is 15.9 Å². The van der Waals surface area contributed by atoms with Crippen LogP contribution in [0.15, 0.2) is 59.5 Å². The number of piperazine rings is 1. The summed E-state index contributed by atoms with van der Waals surface area (Å²) in [6.07, 6.45) is 1.09. The number of fused-ring (bicyclic) bond motifs is 1. The molecule has 1 unspecified atom stereocenters. The van der Waals surface area contributed by atoms with Gasteiger partial charge in [-0.15, -0.1) is 0 Å². The number of likely N-dealkylation sites (tertiary alicyclic amines) is 1. The standard InChI is InChI=1S/C36H44ClN5O7S/c1-38(2)34(43)30-8-7-15-41(30)36(27-12-9-24(20-31(27)48-5)23-40-18-16-39(3)17-19-40)28-21-25(37)10-13-29(28)42(35(36)44)50(45,46)33-14-11-26(47-4)22-32(33)49-6/h9-14,20-22,30H,7-8,15-19,23H2,1-6H3/t30-,36?/m0/s1. The first-order valence-corrected chi connectivity index (χ1v) is 18.4. The Kier molecular flexibility index (Phi) is 10.1. The fourth-order valence-corrected chi connectivity index (χ4v) is 9.26. The largest absolute Gasteiger partial charge is 0.497 e. The zero-order valence-electron chi connectivity index (χ0n) is 29.3. The molecular weight excluding hydrogens is 682 g/mol. The molecule has 2 amide bonds. The van der Waals surface area contributed by atoms with Crippen molar-refractivity contribution < 1.29 is 32.2 Å². The van der Waals surface area contributed by atoms with E-state index in [-0.39, 0.29) is 22.2 Å². The van der Waals surface area contributed by atoms with Gasteiger partial charge in [0.2, 0.25) is 5.91 Å². The summed E-state index contributed by atoms with van der Waals surface area (Å²) in [6.45, 7) is 4.77. The van der Waals surface area contributed by atoms with Crippen molar-refractivity contribution in [3.63, 3.8) is 0 Å². The number of anilines is 1. The molecule has 0 spiro atoms. The first-order valence-electron chi connectivity index (χ1n) is 16.6. The van der Waals surface area contributed by atoms with Gasteiger partial charge < -0.3 is 24.0 Å². The Morgan fingerprint density at radius 3 is 2.28 bits per heavy atom. The molecule has 3 aromatic carbocycles. The number of hydrogen-bond donors (Lipinski definition) is 0. The molecule has 2 atom stereocenters. The molecule has 3 aliphatic heterocycles. The Morgan fingerprint density at radius 2 is 1.62 bits per heavy atom. The number of benzene rings is 3. The fourth-order valence-electron chi connectivity index (χ4n) is 7.48. The summed E-state index contributed by atoms with van der Waals surface area (Å²) in [5.74, 6) is -0.158. The van der Waals surface area contributed by atoms with Crippen molar-refractivity contribution in [3.8, 4) is 17.2 Å². The monoisotopic (exact) mass is 725 g/mol. The molecule has 6 rings (SSSR count). The maximum absolute atomic E-state index is 15.6. The number of ether oxygens (including phenoxy) is 3. The number of methoxy groups -OCH3 is 3. The Bertz CT molecular complexity index is 1900. The van der Waals surface area contributed by atoms with Crippen LogP contribution in [0.25, 0.3) is 0 Å². The highest BCUT2D eigenvalue weighted by Crippen LogP contribution is 2.55. The summed E-state index contributed by atoms with van der Waals surface area (Å²) in [5.41, 5.74) is 0.0844. The van der Waals surface area contributed by atoms with Crippen LogP contribution in [-0.4, -0.2) is 121 Å². The molecule has 0 radical (unpaired) electrons. The molecule has 0 aliphatic carbocycles. The van der Waals surface area contributed by atoms with Gasteiger partial charge in [0.05, 0.1) is 33.1 Å². The highest BCUT2D eigenvalue weighted by Gasteiger charge is 2.63. The van der Waals surface area contributed by atoms with Crippen LogP contribution in [0.3, 0.4) is 0 Å². The Morgan fingerprint density at radius 1 is 0.900 bits per heavy atom. The van der Waals surface area contributed by atoms with Gasteiger partial charge in [-0.25, -0.2) is 12.7 Å². The predicted octanol–water partition coefficient (Wildman–Crippen LogP) is 3.64. The van der Waals surface area contributed by atoms with Crippen LogP contribution in [0.2, 0.25) is 5.02 Å². The number of rotatable bonds is 10. The molecule has 14 heteroatoms. The van der Waals surface area contributed by atoms with Crippen LogP contribution in [0.4, 0.5) is 5.69 Å². The molecule has 0 aromatic heterocycles. The summed E-state index contributed by atoms with van der Waals surface area (Å²) in [4.78, 5) is 37.2. The molecule has 0 saturated carbocycles. The summed E-state index contributed by atoms with van der Waals surface area (Å²) in [7, 11) is 5.20. The molecule has 0 bridgehead atoms. The molecule has 50 heavy (non-hydrogen) atoms. The minimum absolute atomic E-state index is 0.0119. The van der Waals surface area contributed by atoms with E-state index >= 15 is 4.79 Å². The van der Waals surface area contributed by atoms with Crippen molar-refractivity contribution in [1.82, 2.24) is 19.6 Å². The average molecular weight is 726 g/mol. The maximum atomic E-state index is 15.6. The third-order valence-electron chi connectivity index (χ3n) is 10.0. The van der Waals surface area contributed by atoms with E-state index in [1.54, 1.807) is 26.2 Å². The van der Waals surface area contributed by atoms with E-state index in [4.69, 9.17) is 25.8 Å². The van der Waals surface area contributed by atoms with Gasteiger partial charge in [-0.2, -0.15) is 0 Å². The lowest BCUT2D eigenvalue weighted by atomic mass is 9.80. The van der Waals surface area contributed by atoms with Crippen LogP contribution in [0.5, 0.6) is 17.2 Å². The molecule has 3 aliphatic rings. The van der Waals surface area contributed by atoms with Gasteiger partial charge in [-0.3, -0.25) is 19.4 Å². The van der Waals surface area contributed by atoms with Crippen LogP contribution in [0.1, 0.15) is 29.5 Å². The van der Waals surface area contributed by atoms with E-state index in [1.165, 1.54) is 50.5 Å². The van der Waals surface area contributed by atoms with Crippen molar-refractivity contribution in [2.75, 3.05) is 79.5 Å². The lowest BCUT2D eigenvalue weighted by Crippen LogP contribution is -2.59. The minimum atomic E-state index is -4.61. The maximum Gasteiger partial charge on any atom is 0.274 e. The number of sulfonamides is 1. The molecular formula is C36H44ClN5O7S. The van der Waals surface area contributed by atoms with Gasteiger partial charge in [0.15, 0.2) is 5.54 Å². The third kappa shape index (κ3) is 5.98. The molecule has 3 heterocycles. The van der Waals surface area contributed by atoms with E-state index in [0.29, 0.717) is 53.6 Å². The zero-order chi connectivity index (χ0) is 36.0. The van der Waals surface area contributed by atoms with Gasteiger partial charge in [-0.1, -0.05) is 23.7 Å². The SMILES string of the molecule is COc1ccc(S(=O)(=O)N2C(=O)C(c3ccc(CN4CCN(C)CC4)cc3OC)(N3CCC[C@H]3C(=O)N(C)C)c3cc(Cl)ccc32)c(OC)c1. The summed E-state index contributed by atoms with van der Waals surface area (Å²) in [6, 6.07) is 14.0. The van der Waals surface area contributed by atoms with Crippen molar-refractivity contribution in [2.24, 2.45) is 0 Å². The smallest absolute Gasteiger partial charge is 0.274 e. The van der Waals surface area contributed by atoms with Crippen LogP contribution in [0, 0.1) is 0 Å². The van der Waals surface area contributed by atoms with E-state index in [2.05, 4.69) is 16.8 Å². The highest BCUT2D eigenvalue weighted by molar-refractivity contribution is 7.93. The quantitative estimate of drug-likeness (QED) is 0.307. The van der Waals surface area contributed by atoms with E-state index in [1.807, 2.05) is 23.1 Å². The molecule has 2 fully saturated rings. The topological polar surface area (TPSA) is 112 Å².